The smallest absolute Gasteiger partial charge is 0.0638 e. The lowest BCUT2D eigenvalue weighted by Crippen LogP contribution is -2.10. The molecule has 0 spiro atoms. The molecule has 0 fully saturated rings. The van der Waals surface area contributed by atoms with E-state index in [0.29, 0.717) is 0 Å². The minimum atomic E-state index is 0.726. The van der Waals surface area contributed by atoms with Gasteiger partial charge in [-0.25, -0.2) is 0 Å². The Balaban J connectivity index is 1.92. The van der Waals surface area contributed by atoms with E-state index in [1.165, 1.54) is 0 Å². The maximum absolute atomic E-state index is 6.05. The number of hydrogen-bond donors (Lipinski definition) is 1. The molecule has 0 aliphatic heterocycles. The Morgan fingerprint density at radius 2 is 2.31 bits per heavy atom. The summed E-state index contributed by atoms with van der Waals surface area (Å²) in [5.74, 6) is 0. The molecule has 0 saturated carbocycles. The molecular weight excluding hydrogens is 289 g/mol. The molecule has 1 aromatic heterocycles. The van der Waals surface area contributed by atoms with Crippen LogP contribution in [0.3, 0.4) is 0 Å². The van der Waals surface area contributed by atoms with E-state index in [1.807, 2.05) is 35.1 Å². The molecule has 0 radical (unpaired) electrons. The van der Waals surface area contributed by atoms with Crippen molar-refractivity contribution >= 4 is 33.2 Å². The van der Waals surface area contributed by atoms with E-state index in [4.69, 9.17) is 11.6 Å². The zero-order valence-corrected chi connectivity index (χ0v) is 10.9. The van der Waals surface area contributed by atoms with Crippen LogP contribution in [-0.2, 0) is 6.54 Å². The second-order valence-corrected chi connectivity index (χ2v) is 4.64. The van der Waals surface area contributed by atoms with Gasteiger partial charge in [0.1, 0.15) is 0 Å². The summed E-state index contributed by atoms with van der Waals surface area (Å²) in [4.78, 5) is 0. The van der Waals surface area contributed by atoms with Gasteiger partial charge in [-0.2, -0.15) is 5.10 Å². The summed E-state index contributed by atoms with van der Waals surface area (Å²) in [6.45, 7) is 1.60. The van der Waals surface area contributed by atoms with E-state index in [0.717, 1.165) is 28.3 Å². The Labute approximate surface area is 108 Å². The largest absolute Gasteiger partial charge is 0.382 e. The van der Waals surface area contributed by atoms with Crippen LogP contribution < -0.4 is 5.32 Å². The van der Waals surface area contributed by atoms with Crippen molar-refractivity contribution in [2.24, 2.45) is 0 Å². The van der Waals surface area contributed by atoms with Crippen LogP contribution in [0.15, 0.2) is 41.1 Å². The molecule has 16 heavy (non-hydrogen) atoms. The quantitative estimate of drug-likeness (QED) is 0.938. The van der Waals surface area contributed by atoms with Crippen LogP contribution >= 0.6 is 27.5 Å². The van der Waals surface area contributed by atoms with Crippen molar-refractivity contribution in [3.05, 3.63) is 46.2 Å². The molecule has 3 nitrogen and oxygen atoms in total. The van der Waals surface area contributed by atoms with Crippen LogP contribution in [0.25, 0.3) is 0 Å². The van der Waals surface area contributed by atoms with Crippen LogP contribution in [-0.4, -0.2) is 16.3 Å². The second-order valence-electron chi connectivity index (χ2n) is 3.32. The third-order valence-electron chi connectivity index (χ3n) is 2.14. The number of halogens is 2. The fourth-order valence-electron chi connectivity index (χ4n) is 1.37. The van der Waals surface area contributed by atoms with E-state index in [1.54, 1.807) is 6.20 Å². The molecule has 1 aromatic carbocycles. The van der Waals surface area contributed by atoms with Crippen molar-refractivity contribution < 1.29 is 0 Å². The molecule has 2 aromatic rings. The molecule has 0 atom stereocenters. The number of nitrogens with zero attached hydrogens (tertiary/aromatic N) is 2. The van der Waals surface area contributed by atoms with E-state index >= 15 is 0 Å². The molecule has 84 valence electrons. The Kier molecular flexibility index (Phi) is 3.85. The average molecular weight is 301 g/mol. The normalized spacial score (nSPS) is 10.4. The van der Waals surface area contributed by atoms with Crippen LogP contribution in [0, 0.1) is 0 Å². The Morgan fingerprint density at radius 3 is 3.06 bits per heavy atom. The van der Waals surface area contributed by atoms with Gasteiger partial charge in [0.15, 0.2) is 0 Å². The number of nitrogens with one attached hydrogen (secondary N) is 1. The molecule has 0 unspecified atom stereocenters. The van der Waals surface area contributed by atoms with E-state index in [9.17, 15) is 0 Å². The predicted molar refractivity (Wildman–Crippen MR) is 69.9 cm³/mol. The third-order valence-corrected chi connectivity index (χ3v) is 2.97. The van der Waals surface area contributed by atoms with E-state index in [2.05, 4.69) is 26.3 Å². The van der Waals surface area contributed by atoms with Crippen molar-refractivity contribution in [2.75, 3.05) is 11.9 Å². The highest BCUT2D eigenvalue weighted by Crippen LogP contribution is 2.25. The zero-order chi connectivity index (χ0) is 11.4. The molecule has 0 aliphatic rings. The molecular formula is C11H11BrClN3. The first-order valence-electron chi connectivity index (χ1n) is 4.92. The van der Waals surface area contributed by atoms with Gasteiger partial charge in [0, 0.05) is 23.4 Å². The summed E-state index contributed by atoms with van der Waals surface area (Å²) in [6, 6.07) is 7.65. The van der Waals surface area contributed by atoms with Crippen molar-refractivity contribution in [1.82, 2.24) is 9.78 Å². The van der Waals surface area contributed by atoms with E-state index in [-0.39, 0.29) is 0 Å². The summed E-state index contributed by atoms with van der Waals surface area (Å²) in [5, 5.41) is 8.12. The summed E-state index contributed by atoms with van der Waals surface area (Å²) >= 11 is 9.46. The lowest BCUT2D eigenvalue weighted by molar-refractivity contribution is 0.638. The summed E-state index contributed by atoms with van der Waals surface area (Å²) in [5.41, 5.74) is 0.934. The second kappa shape index (κ2) is 5.37. The van der Waals surface area contributed by atoms with Crippen LogP contribution in [0.1, 0.15) is 0 Å². The third kappa shape index (κ3) is 3.00. The number of hydrogen-bond acceptors (Lipinski definition) is 2. The molecule has 2 rings (SSSR count). The van der Waals surface area contributed by atoms with Crippen LogP contribution in [0.5, 0.6) is 0 Å². The molecule has 1 heterocycles. The molecule has 0 saturated heterocycles. The first-order chi connectivity index (χ1) is 7.75. The SMILES string of the molecule is Clc1ccc(Br)cc1NCCn1cccn1. The Bertz CT molecular complexity index is 456. The Morgan fingerprint density at radius 1 is 1.44 bits per heavy atom. The number of benzene rings is 1. The summed E-state index contributed by atoms with van der Waals surface area (Å²) < 4.78 is 2.89. The van der Waals surface area contributed by atoms with Gasteiger partial charge >= 0.3 is 0 Å². The number of aromatic nitrogens is 2. The van der Waals surface area contributed by atoms with Gasteiger partial charge in [-0.15, -0.1) is 0 Å². The predicted octanol–water partition coefficient (Wildman–Crippen LogP) is 3.41. The van der Waals surface area contributed by atoms with Crippen LogP contribution in [0.4, 0.5) is 5.69 Å². The minimum Gasteiger partial charge on any atom is -0.382 e. The zero-order valence-electron chi connectivity index (χ0n) is 8.53. The van der Waals surface area contributed by atoms with E-state index < -0.39 is 0 Å². The average Bonchev–Trinajstić information content (AvgIpc) is 2.76. The molecule has 0 aliphatic carbocycles. The first kappa shape index (κ1) is 11.5. The highest BCUT2D eigenvalue weighted by molar-refractivity contribution is 9.10. The van der Waals surface area contributed by atoms with Crippen LogP contribution in [0.2, 0.25) is 5.02 Å². The Hall–Kier alpha value is -1.00. The first-order valence-corrected chi connectivity index (χ1v) is 6.09. The highest BCUT2D eigenvalue weighted by atomic mass is 79.9. The molecule has 0 amide bonds. The van der Waals surface area contributed by atoms with Gasteiger partial charge < -0.3 is 5.32 Å². The summed E-state index contributed by atoms with van der Waals surface area (Å²) in [6.07, 6.45) is 3.70. The number of rotatable bonds is 4. The molecule has 1 N–H and O–H groups in total. The monoisotopic (exact) mass is 299 g/mol. The minimum absolute atomic E-state index is 0.726. The van der Waals surface area contributed by atoms with Gasteiger partial charge in [0.2, 0.25) is 0 Å². The van der Waals surface area contributed by atoms with Crippen molar-refractivity contribution in [3.8, 4) is 0 Å². The van der Waals surface area contributed by atoms with Gasteiger partial charge in [0.05, 0.1) is 17.3 Å². The fraction of sp³-hybridized carbons (Fsp3) is 0.182. The van der Waals surface area contributed by atoms with Crippen molar-refractivity contribution in [3.63, 3.8) is 0 Å². The van der Waals surface area contributed by atoms with Gasteiger partial charge in [-0.05, 0) is 24.3 Å². The standard InChI is InChI=1S/C11H11BrClN3/c12-9-2-3-10(13)11(8-9)14-5-7-16-6-1-4-15-16/h1-4,6,8,14H,5,7H2. The highest BCUT2D eigenvalue weighted by Gasteiger charge is 2.00. The molecule has 0 bridgehead atoms. The van der Waals surface area contributed by atoms with Crippen molar-refractivity contribution in [2.45, 2.75) is 6.54 Å². The maximum atomic E-state index is 6.05. The summed E-state index contributed by atoms with van der Waals surface area (Å²) in [7, 11) is 0. The lowest BCUT2D eigenvalue weighted by atomic mass is 10.3. The molecule has 5 heteroatoms. The maximum Gasteiger partial charge on any atom is 0.0638 e. The van der Waals surface area contributed by atoms with Gasteiger partial charge in [-0.1, -0.05) is 27.5 Å². The van der Waals surface area contributed by atoms with Gasteiger partial charge in [-0.3, -0.25) is 4.68 Å². The van der Waals surface area contributed by atoms with Crippen molar-refractivity contribution in [1.29, 1.82) is 0 Å². The fourth-order valence-corrected chi connectivity index (χ4v) is 1.92. The lowest BCUT2D eigenvalue weighted by Gasteiger charge is -2.08. The number of anilines is 1. The topological polar surface area (TPSA) is 29.9 Å². The van der Waals surface area contributed by atoms with Gasteiger partial charge in [0.25, 0.3) is 0 Å².